The van der Waals surface area contributed by atoms with Gasteiger partial charge in [0, 0.05) is 10.4 Å². The lowest BCUT2D eigenvalue weighted by Gasteiger charge is -2.11. The monoisotopic (exact) mass is 184 g/mol. The summed E-state index contributed by atoms with van der Waals surface area (Å²) >= 11 is 1.34. The number of hydrogen-bond donors (Lipinski definition) is 2. The van der Waals surface area contributed by atoms with Gasteiger partial charge in [-0.1, -0.05) is 0 Å². The summed E-state index contributed by atoms with van der Waals surface area (Å²) < 4.78 is 0. The Morgan fingerprint density at radius 2 is 1.83 bits per heavy atom. The Hall–Kier alpha value is -0.540. The molecule has 0 spiro atoms. The van der Waals surface area contributed by atoms with Crippen LogP contribution in [-0.2, 0) is 19.4 Å². The molecule has 0 saturated carbocycles. The maximum absolute atomic E-state index is 9.52. The number of rotatable bonds is 1. The van der Waals surface area contributed by atoms with Crippen molar-refractivity contribution in [3.63, 3.8) is 0 Å². The van der Waals surface area contributed by atoms with Gasteiger partial charge in [-0.15, -0.1) is 11.3 Å². The molecule has 1 aromatic heterocycles. The molecule has 0 unspecified atom stereocenters. The highest BCUT2D eigenvalue weighted by molar-refractivity contribution is 7.14. The number of aliphatic hydroxyl groups excluding tert-OH is 1. The van der Waals surface area contributed by atoms with Crippen molar-refractivity contribution in [1.29, 1.82) is 0 Å². The quantitative estimate of drug-likeness (QED) is 0.699. The van der Waals surface area contributed by atoms with Gasteiger partial charge in [-0.3, -0.25) is 0 Å². The van der Waals surface area contributed by atoms with Gasteiger partial charge in [0.05, 0.1) is 6.61 Å². The molecule has 2 nitrogen and oxygen atoms in total. The van der Waals surface area contributed by atoms with Crippen LogP contribution >= 0.6 is 11.3 Å². The van der Waals surface area contributed by atoms with E-state index in [9.17, 15) is 5.11 Å². The van der Waals surface area contributed by atoms with Crippen LogP contribution in [0, 0.1) is 0 Å². The molecule has 0 fully saturated rings. The van der Waals surface area contributed by atoms with Gasteiger partial charge in [0.25, 0.3) is 0 Å². The first-order valence-corrected chi connectivity index (χ1v) is 5.08. The van der Waals surface area contributed by atoms with Gasteiger partial charge in [0.1, 0.15) is 0 Å². The second-order valence-corrected chi connectivity index (χ2v) is 4.24. The number of fused-ring (bicyclic) bond motifs is 1. The summed E-state index contributed by atoms with van der Waals surface area (Å²) in [7, 11) is 0. The average Bonchev–Trinajstić information content (AvgIpc) is 2.44. The van der Waals surface area contributed by atoms with Crippen molar-refractivity contribution in [3.8, 4) is 5.06 Å². The van der Waals surface area contributed by atoms with Crippen molar-refractivity contribution in [2.45, 2.75) is 32.3 Å². The Balaban J connectivity index is 2.47. The van der Waals surface area contributed by atoms with Crippen molar-refractivity contribution in [2.75, 3.05) is 0 Å². The summed E-state index contributed by atoms with van der Waals surface area (Å²) in [5, 5.41) is 18.9. The third-order valence-electron chi connectivity index (χ3n) is 2.43. The number of aliphatic hydroxyl groups is 1. The van der Waals surface area contributed by atoms with Crippen LogP contribution < -0.4 is 0 Å². The molecule has 3 heteroatoms. The molecule has 0 amide bonds. The molecule has 0 atom stereocenters. The summed E-state index contributed by atoms with van der Waals surface area (Å²) in [4.78, 5) is 0.960. The maximum atomic E-state index is 9.52. The van der Waals surface area contributed by atoms with Gasteiger partial charge in [0.15, 0.2) is 5.06 Å². The fourth-order valence-corrected chi connectivity index (χ4v) is 2.81. The van der Waals surface area contributed by atoms with E-state index in [1.54, 1.807) is 0 Å². The molecule has 2 N–H and O–H groups in total. The minimum atomic E-state index is 0.0769. The van der Waals surface area contributed by atoms with E-state index in [1.807, 2.05) is 0 Å². The van der Waals surface area contributed by atoms with Crippen LogP contribution in [0.2, 0.25) is 0 Å². The molecular formula is C9H12O2S. The molecule has 1 aromatic rings. The largest absolute Gasteiger partial charge is 0.499 e. The SMILES string of the molecule is OCc1sc(O)c2c1CCCC2. The molecule has 0 aliphatic heterocycles. The molecule has 1 heterocycles. The van der Waals surface area contributed by atoms with E-state index in [0.29, 0.717) is 5.06 Å². The highest BCUT2D eigenvalue weighted by atomic mass is 32.1. The number of thiophene rings is 1. The van der Waals surface area contributed by atoms with E-state index < -0.39 is 0 Å². The average molecular weight is 184 g/mol. The third kappa shape index (κ3) is 1.13. The lowest BCUT2D eigenvalue weighted by molar-refractivity contribution is 0.284. The maximum Gasteiger partial charge on any atom is 0.174 e. The summed E-state index contributed by atoms with van der Waals surface area (Å²) in [5.74, 6) is 0. The molecule has 0 bridgehead atoms. The predicted molar refractivity (Wildman–Crippen MR) is 48.5 cm³/mol. The Morgan fingerprint density at radius 1 is 1.17 bits per heavy atom. The van der Waals surface area contributed by atoms with Crippen LogP contribution in [0.4, 0.5) is 0 Å². The zero-order valence-electron chi connectivity index (χ0n) is 6.84. The molecule has 66 valence electrons. The van der Waals surface area contributed by atoms with E-state index in [2.05, 4.69) is 0 Å². The first-order chi connectivity index (χ1) is 5.83. The van der Waals surface area contributed by atoms with Crippen molar-refractivity contribution in [1.82, 2.24) is 0 Å². The van der Waals surface area contributed by atoms with E-state index in [4.69, 9.17) is 5.11 Å². The normalized spacial score (nSPS) is 16.1. The van der Waals surface area contributed by atoms with Crippen LogP contribution in [-0.4, -0.2) is 10.2 Å². The molecule has 1 aliphatic carbocycles. The number of aromatic hydroxyl groups is 1. The zero-order valence-corrected chi connectivity index (χ0v) is 7.65. The van der Waals surface area contributed by atoms with Gasteiger partial charge < -0.3 is 10.2 Å². The smallest absolute Gasteiger partial charge is 0.174 e. The van der Waals surface area contributed by atoms with Crippen LogP contribution in [0.1, 0.15) is 28.8 Å². The second kappa shape index (κ2) is 3.07. The van der Waals surface area contributed by atoms with Gasteiger partial charge in [-0.05, 0) is 31.2 Å². The summed E-state index contributed by atoms with van der Waals surface area (Å²) in [5.41, 5.74) is 2.31. The van der Waals surface area contributed by atoms with Crippen LogP contribution in [0.5, 0.6) is 5.06 Å². The van der Waals surface area contributed by atoms with Crippen molar-refractivity contribution in [2.24, 2.45) is 0 Å². The third-order valence-corrected chi connectivity index (χ3v) is 3.49. The minimum absolute atomic E-state index is 0.0769. The Morgan fingerprint density at radius 3 is 2.50 bits per heavy atom. The first-order valence-electron chi connectivity index (χ1n) is 4.26. The van der Waals surface area contributed by atoms with Crippen molar-refractivity contribution < 1.29 is 10.2 Å². The molecule has 0 saturated heterocycles. The summed E-state index contributed by atoms with van der Waals surface area (Å²) in [6, 6.07) is 0. The molecule has 0 radical (unpaired) electrons. The van der Waals surface area contributed by atoms with Crippen LogP contribution in [0.3, 0.4) is 0 Å². The van der Waals surface area contributed by atoms with Crippen molar-refractivity contribution in [3.05, 3.63) is 16.0 Å². The molecular weight excluding hydrogens is 172 g/mol. The predicted octanol–water partition coefficient (Wildman–Crippen LogP) is 1.82. The van der Waals surface area contributed by atoms with Gasteiger partial charge >= 0.3 is 0 Å². The van der Waals surface area contributed by atoms with Crippen LogP contribution in [0.25, 0.3) is 0 Å². The fraction of sp³-hybridized carbons (Fsp3) is 0.556. The molecule has 12 heavy (non-hydrogen) atoms. The van der Waals surface area contributed by atoms with E-state index in [-0.39, 0.29) is 6.61 Å². The molecule has 2 rings (SSSR count). The van der Waals surface area contributed by atoms with E-state index in [1.165, 1.54) is 29.7 Å². The Bertz CT molecular complexity index is 291. The lowest BCUT2D eigenvalue weighted by atomic mass is 9.94. The fourth-order valence-electron chi connectivity index (χ4n) is 1.82. The lowest BCUT2D eigenvalue weighted by Crippen LogP contribution is -2.01. The van der Waals surface area contributed by atoms with Crippen LogP contribution in [0.15, 0.2) is 0 Å². The van der Waals surface area contributed by atoms with Gasteiger partial charge in [-0.25, -0.2) is 0 Å². The molecule has 0 aromatic carbocycles. The van der Waals surface area contributed by atoms with E-state index in [0.717, 1.165) is 23.3 Å². The number of hydrogen-bond acceptors (Lipinski definition) is 3. The van der Waals surface area contributed by atoms with E-state index >= 15 is 0 Å². The highest BCUT2D eigenvalue weighted by Crippen LogP contribution is 2.38. The van der Waals surface area contributed by atoms with Crippen molar-refractivity contribution >= 4 is 11.3 Å². The second-order valence-electron chi connectivity index (χ2n) is 3.15. The first kappa shape index (κ1) is 8.08. The van der Waals surface area contributed by atoms with Gasteiger partial charge in [-0.2, -0.15) is 0 Å². The topological polar surface area (TPSA) is 40.5 Å². The standard InChI is InChI=1S/C9H12O2S/c10-5-8-6-3-1-2-4-7(6)9(11)12-8/h10-11H,1-5H2. The summed E-state index contributed by atoms with van der Waals surface area (Å²) in [6.45, 7) is 0.0769. The highest BCUT2D eigenvalue weighted by Gasteiger charge is 2.19. The molecule has 1 aliphatic rings. The minimum Gasteiger partial charge on any atom is -0.499 e. The Labute approximate surface area is 75.5 Å². The summed E-state index contributed by atoms with van der Waals surface area (Å²) in [6.07, 6.45) is 4.37. The van der Waals surface area contributed by atoms with Gasteiger partial charge in [0.2, 0.25) is 0 Å². The zero-order chi connectivity index (χ0) is 8.55. The Kier molecular flexibility index (Phi) is 2.07.